The standard InChI is InChI=1S/C7H8BrN3OS/c1-12-7(13)11(9)6-4-2-3-5(8)10-6/h2-4H,9H2,1H3. The number of rotatable bonds is 1. The zero-order valence-corrected chi connectivity index (χ0v) is 9.30. The normalized spacial score (nSPS) is 9.46. The molecule has 0 saturated carbocycles. The number of nitrogens with zero attached hydrogens (tertiary/aromatic N) is 2. The van der Waals surface area contributed by atoms with E-state index >= 15 is 0 Å². The number of pyridine rings is 1. The topological polar surface area (TPSA) is 51.4 Å². The van der Waals surface area contributed by atoms with E-state index in [2.05, 4.69) is 20.9 Å². The molecular weight excluding hydrogens is 254 g/mol. The van der Waals surface area contributed by atoms with Gasteiger partial charge in [-0.3, -0.25) is 0 Å². The smallest absolute Gasteiger partial charge is 0.279 e. The van der Waals surface area contributed by atoms with Gasteiger partial charge < -0.3 is 4.74 Å². The molecule has 0 saturated heterocycles. The summed E-state index contributed by atoms with van der Waals surface area (Å²) in [5.74, 6) is 6.13. The second-order valence-corrected chi connectivity index (χ2v) is 3.32. The third-order valence-electron chi connectivity index (χ3n) is 1.32. The average molecular weight is 262 g/mol. The molecule has 1 aromatic rings. The largest absolute Gasteiger partial charge is 0.473 e. The maximum atomic E-state index is 5.60. The highest BCUT2D eigenvalue weighted by atomic mass is 79.9. The number of nitrogens with two attached hydrogens (primary N) is 1. The molecule has 0 unspecified atom stereocenters. The van der Waals surface area contributed by atoms with E-state index in [1.807, 2.05) is 6.07 Å². The summed E-state index contributed by atoms with van der Waals surface area (Å²) in [6.45, 7) is 0. The first-order valence-electron chi connectivity index (χ1n) is 3.40. The zero-order chi connectivity index (χ0) is 9.84. The number of hydrogen-bond donors (Lipinski definition) is 1. The first-order valence-corrected chi connectivity index (χ1v) is 4.60. The van der Waals surface area contributed by atoms with E-state index in [1.165, 1.54) is 12.1 Å². The molecule has 1 aromatic heterocycles. The maximum Gasteiger partial charge on any atom is 0.279 e. The monoisotopic (exact) mass is 261 g/mol. The molecule has 0 spiro atoms. The zero-order valence-electron chi connectivity index (χ0n) is 6.90. The summed E-state index contributed by atoms with van der Waals surface area (Å²) in [6, 6.07) is 5.34. The molecule has 0 aliphatic heterocycles. The fourth-order valence-corrected chi connectivity index (χ4v) is 1.15. The van der Waals surface area contributed by atoms with Gasteiger partial charge in [-0.1, -0.05) is 6.07 Å². The van der Waals surface area contributed by atoms with Crippen LogP contribution in [-0.2, 0) is 4.74 Å². The fraction of sp³-hybridized carbons (Fsp3) is 0.143. The van der Waals surface area contributed by atoms with Crippen molar-refractivity contribution in [2.45, 2.75) is 0 Å². The molecule has 0 amide bonds. The lowest BCUT2D eigenvalue weighted by atomic mass is 10.5. The highest BCUT2D eigenvalue weighted by Gasteiger charge is 2.08. The molecule has 0 radical (unpaired) electrons. The minimum atomic E-state index is 0.172. The number of methoxy groups -OCH3 is 1. The van der Waals surface area contributed by atoms with Crippen molar-refractivity contribution in [2.75, 3.05) is 12.1 Å². The highest BCUT2D eigenvalue weighted by Crippen LogP contribution is 2.12. The minimum Gasteiger partial charge on any atom is -0.473 e. The number of halogens is 1. The Morgan fingerprint density at radius 1 is 1.69 bits per heavy atom. The van der Waals surface area contributed by atoms with Gasteiger partial charge in [-0.05, 0) is 40.3 Å². The molecule has 0 aliphatic carbocycles. The Morgan fingerprint density at radius 3 is 2.92 bits per heavy atom. The molecule has 4 nitrogen and oxygen atoms in total. The Bertz CT molecular complexity index is 320. The average Bonchev–Trinajstić information content (AvgIpc) is 2.15. The minimum absolute atomic E-state index is 0.172. The molecule has 0 bridgehead atoms. The predicted octanol–water partition coefficient (Wildman–Crippen LogP) is 1.46. The maximum absolute atomic E-state index is 5.60. The van der Waals surface area contributed by atoms with Gasteiger partial charge in [0.05, 0.1) is 7.11 Å². The van der Waals surface area contributed by atoms with Crippen LogP contribution in [0.3, 0.4) is 0 Å². The van der Waals surface area contributed by atoms with Crippen LogP contribution in [0.2, 0.25) is 0 Å². The van der Waals surface area contributed by atoms with Gasteiger partial charge in [0.1, 0.15) is 4.60 Å². The van der Waals surface area contributed by atoms with Gasteiger partial charge in [-0.15, -0.1) is 0 Å². The van der Waals surface area contributed by atoms with E-state index in [9.17, 15) is 0 Å². The summed E-state index contributed by atoms with van der Waals surface area (Å²) in [4.78, 5) is 4.09. The summed E-state index contributed by atoms with van der Waals surface area (Å²) < 4.78 is 5.48. The summed E-state index contributed by atoms with van der Waals surface area (Å²) in [5, 5.41) is 1.37. The molecule has 6 heteroatoms. The Labute approximate surface area is 89.8 Å². The first-order chi connectivity index (χ1) is 6.15. The lowest BCUT2D eigenvalue weighted by Crippen LogP contribution is -2.37. The third kappa shape index (κ3) is 2.61. The van der Waals surface area contributed by atoms with E-state index in [-0.39, 0.29) is 5.17 Å². The third-order valence-corrected chi connectivity index (χ3v) is 2.12. The Balaban J connectivity index is 2.88. The molecule has 1 rings (SSSR count). The number of hydrogen-bond acceptors (Lipinski definition) is 4. The van der Waals surface area contributed by atoms with Gasteiger partial charge in [-0.2, -0.15) is 0 Å². The van der Waals surface area contributed by atoms with Gasteiger partial charge in [0.25, 0.3) is 5.17 Å². The van der Waals surface area contributed by atoms with Gasteiger partial charge >= 0.3 is 0 Å². The van der Waals surface area contributed by atoms with Crippen molar-refractivity contribution < 1.29 is 4.74 Å². The van der Waals surface area contributed by atoms with Crippen LogP contribution >= 0.6 is 28.1 Å². The fourth-order valence-electron chi connectivity index (χ4n) is 0.724. The highest BCUT2D eigenvalue weighted by molar-refractivity contribution is 9.10. The number of hydrazine groups is 1. The molecule has 0 aliphatic rings. The second-order valence-electron chi connectivity index (χ2n) is 2.16. The quantitative estimate of drug-likeness (QED) is 0.359. The van der Waals surface area contributed by atoms with Crippen LogP contribution in [0.5, 0.6) is 0 Å². The van der Waals surface area contributed by atoms with Crippen molar-refractivity contribution in [1.82, 2.24) is 4.98 Å². The molecule has 0 fully saturated rings. The Morgan fingerprint density at radius 2 is 2.38 bits per heavy atom. The van der Waals surface area contributed by atoms with Crippen molar-refractivity contribution in [2.24, 2.45) is 5.84 Å². The lowest BCUT2D eigenvalue weighted by Gasteiger charge is -2.16. The van der Waals surface area contributed by atoms with Crippen molar-refractivity contribution in [3.8, 4) is 0 Å². The van der Waals surface area contributed by atoms with Crippen LogP contribution in [0.4, 0.5) is 5.82 Å². The predicted molar refractivity (Wildman–Crippen MR) is 58.2 cm³/mol. The SMILES string of the molecule is COC(=S)N(N)c1cccc(Br)n1. The molecule has 0 aromatic carbocycles. The number of thiocarbonyl (C=S) groups is 1. The van der Waals surface area contributed by atoms with Crippen LogP contribution in [0.25, 0.3) is 0 Å². The second kappa shape index (κ2) is 4.50. The van der Waals surface area contributed by atoms with Crippen LogP contribution < -0.4 is 10.9 Å². The number of ether oxygens (including phenoxy) is 1. The van der Waals surface area contributed by atoms with Crippen molar-refractivity contribution in [1.29, 1.82) is 0 Å². The van der Waals surface area contributed by atoms with Gasteiger partial charge in [0.2, 0.25) is 0 Å². The van der Waals surface area contributed by atoms with Gasteiger partial charge in [0, 0.05) is 0 Å². The molecule has 13 heavy (non-hydrogen) atoms. The first kappa shape index (κ1) is 10.4. The van der Waals surface area contributed by atoms with E-state index in [1.54, 1.807) is 12.1 Å². The van der Waals surface area contributed by atoms with Gasteiger partial charge in [-0.25, -0.2) is 15.8 Å². The molecular formula is C7H8BrN3OS. The van der Waals surface area contributed by atoms with Crippen molar-refractivity contribution in [3.63, 3.8) is 0 Å². The summed E-state index contributed by atoms with van der Waals surface area (Å²) >= 11 is 8.05. The van der Waals surface area contributed by atoms with Crippen LogP contribution in [0, 0.1) is 0 Å². The molecule has 70 valence electrons. The summed E-state index contributed by atoms with van der Waals surface area (Å²) in [7, 11) is 1.46. The van der Waals surface area contributed by atoms with E-state index in [4.69, 9.17) is 22.8 Å². The number of anilines is 1. The molecule has 0 atom stereocenters. The Kier molecular flexibility index (Phi) is 3.58. The van der Waals surface area contributed by atoms with E-state index in [0.717, 1.165) is 0 Å². The van der Waals surface area contributed by atoms with Crippen LogP contribution in [0.1, 0.15) is 0 Å². The van der Waals surface area contributed by atoms with Crippen molar-refractivity contribution in [3.05, 3.63) is 22.8 Å². The van der Waals surface area contributed by atoms with E-state index in [0.29, 0.717) is 10.4 Å². The lowest BCUT2D eigenvalue weighted by molar-refractivity contribution is 0.403. The van der Waals surface area contributed by atoms with E-state index < -0.39 is 0 Å². The molecule has 2 N–H and O–H groups in total. The van der Waals surface area contributed by atoms with Crippen molar-refractivity contribution >= 4 is 39.1 Å². The number of aromatic nitrogens is 1. The molecule has 1 heterocycles. The van der Waals surface area contributed by atoms with Gasteiger partial charge in [0.15, 0.2) is 5.82 Å². The summed E-state index contributed by atoms with van der Waals surface area (Å²) in [6.07, 6.45) is 0. The van der Waals surface area contributed by atoms with Crippen LogP contribution in [-0.4, -0.2) is 17.3 Å². The summed E-state index contributed by atoms with van der Waals surface area (Å²) in [5.41, 5.74) is 0. The Hall–Kier alpha value is -0.720. The van der Waals surface area contributed by atoms with Crippen LogP contribution in [0.15, 0.2) is 22.8 Å².